The van der Waals surface area contributed by atoms with Gasteiger partial charge in [-0.15, -0.1) is 0 Å². The summed E-state index contributed by atoms with van der Waals surface area (Å²) in [7, 11) is -2.46. The van der Waals surface area contributed by atoms with Crippen LogP contribution in [-0.4, -0.2) is 27.4 Å². The molecule has 0 aliphatic carbocycles. The minimum Gasteiger partial charge on any atom is -0.240 e. The van der Waals surface area contributed by atoms with Gasteiger partial charge in [0.2, 0.25) is 0 Å². The Hall–Kier alpha value is -0.350. The molecule has 1 heterocycles. The molecule has 76 valence electrons. The van der Waals surface area contributed by atoms with Crippen molar-refractivity contribution in [3.05, 3.63) is 12.2 Å². The molecule has 1 aliphatic heterocycles. The highest BCUT2D eigenvalue weighted by Crippen LogP contribution is 2.17. The molecular formula is C9H18N2OS. The topological polar surface area (TPSA) is 44.2 Å². The molecule has 1 rings (SSSR count). The Kier molecular flexibility index (Phi) is 3.50. The van der Waals surface area contributed by atoms with E-state index in [1.807, 2.05) is 11.2 Å². The molecule has 0 bridgehead atoms. The van der Waals surface area contributed by atoms with Crippen LogP contribution in [0.4, 0.5) is 0 Å². The standard InChI is InChI=1S/C9H18N2OS/c1-3-8-13(10,12)11-6-4-9(2)5-7-11/h10H,2-8H2,1H3. The zero-order valence-corrected chi connectivity index (χ0v) is 9.03. The maximum absolute atomic E-state index is 11.8. The van der Waals surface area contributed by atoms with E-state index < -0.39 is 9.92 Å². The molecule has 0 aromatic heterocycles. The highest BCUT2D eigenvalue weighted by molar-refractivity contribution is 7.90. The van der Waals surface area contributed by atoms with Gasteiger partial charge in [0.25, 0.3) is 0 Å². The first-order chi connectivity index (χ1) is 6.06. The second-order valence-electron chi connectivity index (χ2n) is 3.52. The Morgan fingerprint density at radius 2 is 2.08 bits per heavy atom. The molecule has 1 fully saturated rings. The van der Waals surface area contributed by atoms with Gasteiger partial charge < -0.3 is 0 Å². The predicted molar refractivity (Wildman–Crippen MR) is 56.0 cm³/mol. The molecule has 0 spiro atoms. The fourth-order valence-electron chi connectivity index (χ4n) is 1.50. The SMILES string of the molecule is C=C1CCN(S(=N)(=O)CCC)CC1. The normalized spacial score (nSPS) is 24.2. The Morgan fingerprint density at radius 1 is 1.54 bits per heavy atom. The molecule has 3 nitrogen and oxygen atoms in total. The monoisotopic (exact) mass is 202 g/mol. The molecule has 13 heavy (non-hydrogen) atoms. The summed E-state index contributed by atoms with van der Waals surface area (Å²) in [6.07, 6.45) is 2.62. The van der Waals surface area contributed by atoms with Crippen LogP contribution in [0.15, 0.2) is 12.2 Å². The molecule has 0 aromatic carbocycles. The molecule has 0 aromatic rings. The van der Waals surface area contributed by atoms with Crippen molar-refractivity contribution in [1.29, 1.82) is 4.78 Å². The zero-order chi connectivity index (χ0) is 9.90. The van der Waals surface area contributed by atoms with E-state index in [1.54, 1.807) is 0 Å². The molecular weight excluding hydrogens is 184 g/mol. The number of hydrogen-bond acceptors (Lipinski definition) is 2. The minimum absolute atomic E-state index is 0.499. The van der Waals surface area contributed by atoms with Gasteiger partial charge in [0, 0.05) is 18.8 Å². The van der Waals surface area contributed by atoms with E-state index in [-0.39, 0.29) is 0 Å². The van der Waals surface area contributed by atoms with Crippen LogP contribution in [0, 0.1) is 4.78 Å². The van der Waals surface area contributed by atoms with Crippen molar-refractivity contribution in [2.75, 3.05) is 18.8 Å². The molecule has 0 saturated carbocycles. The number of piperidine rings is 1. The molecule has 1 saturated heterocycles. The van der Waals surface area contributed by atoms with Gasteiger partial charge in [-0.25, -0.2) is 13.3 Å². The third-order valence-corrected chi connectivity index (χ3v) is 4.49. The van der Waals surface area contributed by atoms with Gasteiger partial charge in [-0.3, -0.25) is 0 Å². The maximum atomic E-state index is 11.8. The minimum atomic E-state index is -2.46. The van der Waals surface area contributed by atoms with E-state index in [2.05, 4.69) is 6.58 Å². The van der Waals surface area contributed by atoms with Crippen LogP contribution in [0.3, 0.4) is 0 Å². The molecule has 0 amide bonds. The lowest BCUT2D eigenvalue weighted by Crippen LogP contribution is -2.36. The van der Waals surface area contributed by atoms with Crippen molar-refractivity contribution in [2.45, 2.75) is 26.2 Å². The van der Waals surface area contributed by atoms with Crippen molar-refractivity contribution in [1.82, 2.24) is 4.31 Å². The zero-order valence-electron chi connectivity index (χ0n) is 8.21. The molecule has 1 aliphatic rings. The van der Waals surface area contributed by atoms with Crippen LogP contribution < -0.4 is 0 Å². The number of rotatable bonds is 3. The van der Waals surface area contributed by atoms with E-state index in [0.717, 1.165) is 32.4 Å². The van der Waals surface area contributed by atoms with Gasteiger partial charge in [-0.05, 0) is 19.3 Å². The second kappa shape index (κ2) is 4.24. The molecule has 1 atom stereocenters. The van der Waals surface area contributed by atoms with Crippen molar-refractivity contribution in [3.8, 4) is 0 Å². The lowest BCUT2D eigenvalue weighted by molar-refractivity contribution is 0.407. The Bertz CT molecular complexity index is 272. The first-order valence-corrected chi connectivity index (χ1v) is 6.43. The van der Waals surface area contributed by atoms with E-state index >= 15 is 0 Å². The summed E-state index contributed by atoms with van der Waals surface area (Å²) in [5.74, 6) is 0.499. The van der Waals surface area contributed by atoms with Gasteiger partial charge in [-0.2, -0.15) is 0 Å². The van der Waals surface area contributed by atoms with Crippen molar-refractivity contribution in [2.24, 2.45) is 0 Å². The van der Waals surface area contributed by atoms with Crippen molar-refractivity contribution >= 4 is 9.92 Å². The predicted octanol–water partition coefficient (Wildman–Crippen LogP) is 2.01. The summed E-state index contributed by atoms with van der Waals surface area (Å²) in [5.41, 5.74) is 1.22. The van der Waals surface area contributed by atoms with Crippen LogP contribution in [0.25, 0.3) is 0 Å². The Balaban J connectivity index is 2.58. The van der Waals surface area contributed by atoms with Gasteiger partial charge in [0.15, 0.2) is 0 Å². The van der Waals surface area contributed by atoms with Gasteiger partial charge in [0.05, 0.1) is 0 Å². The summed E-state index contributed by atoms with van der Waals surface area (Å²) in [6.45, 7) is 7.37. The molecule has 0 radical (unpaired) electrons. The van der Waals surface area contributed by atoms with Crippen LogP contribution in [0.2, 0.25) is 0 Å². The number of nitrogens with zero attached hydrogens (tertiary/aromatic N) is 1. The molecule has 1 unspecified atom stereocenters. The highest BCUT2D eigenvalue weighted by atomic mass is 32.2. The molecule has 1 N–H and O–H groups in total. The summed E-state index contributed by atoms with van der Waals surface area (Å²) in [6, 6.07) is 0. The first kappa shape index (κ1) is 10.7. The smallest absolute Gasteiger partial charge is 0.107 e. The van der Waals surface area contributed by atoms with E-state index in [0.29, 0.717) is 5.75 Å². The summed E-state index contributed by atoms with van der Waals surface area (Å²) < 4.78 is 21.3. The third kappa shape index (κ3) is 2.81. The quantitative estimate of drug-likeness (QED) is 0.699. The summed E-state index contributed by atoms with van der Waals surface area (Å²) in [4.78, 5) is 0. The van der Waals surface area contributed by atoms with Gasteiger partial charge in [0.1, 0.15) is 9.92 Å². The molecule has 4 heteroatoms. The lowest BCUT2D eigenvalue weighted by Gasteiger charge is -2.29. The largest absolute Gasteiger partial charge is 0.240 e. The average Bonchev–Trinajstić information content (AvgIpc) is 2.05. The van der Waals surface area contributed by atoms with Crippen LogP contribution in [0.5, 0.6) is 0 Å². The second-order valence-corrected chi connectivity index (χ2v) is 5.73. The Labute approximate surface area is 80.9 Å². The van der Waals surface area contributed by atoms with E-state index in [9.17, 15) is 4.21 Å². The third-order valence-electron chi connectivity index (χ3n) is 2.33. The van der Waals surface area contributed by atoms with Crippen LogP contribution in [0.1, 0.15) is 26.2 Å². The lowest BCUT2D eigenvalue weighted by atomic mass is 10.1. The number of hydrogen-bond donors (Lipinski definition) is 1. The van der Waals surface area contributed by atoms with Gasteiger partial charge >= 0.3 is 0 Å². The summed E-state index contributed by atoms with van der Waals surface area (Å²) in [5, 5.41) is 0. The fraction of sp³-hybridized carbons (Fsp3) is 0.778. The van der Waals surface area contributed by atoms with Crippen LogP contribution in [-0.2, 0) is 9.92 Å². The average molecular weight is 202 g/mol. The van der Waals surface area contributed by atoms with E-state index in [1.165, 1.54) is 5.57 Å². The van der Waals surface area contributed by atoms with Crippen molar-refractivity contribution in [3.63, 3.8) is 0 Å². The first-order valence-electron chi connectivity index (χ1n) is 4.74. The fourth-order valence-corrected chi connectivity index (χ4v) is 3.09. The van der Waals surface area contributed by atoms with Gasteiger partial charge in [-0.1, -0.05) is 19.1 Å². The Morgan fingerprint density at radius 3 is 2.54 bits per heavy atom. The van der Waals surface area contributed by atoms with Crippen LogP contribution >= 0.6 is 0 Å². The van der Waals surface area contributed by atoms with E-state index in [4.69, 9.17) is 4.78 Å². The van der Waals surface area contributed by atoms with Crippen molar-refractivity contribution < 1.29 is 4.21 Å². The number of nitrogens with one attached hydrogen (secondary N) is 1. The highest BCUT2D eigenvalue weighted by Gasteiger charge is 2.20. The summed E-state index contributed by atoms with van der Waals surface area (Å²) >= 11 is 0. The maximum Gasteiger partial charge on any atom is 0.107 e.